The number of rotatable bonds is 3. The van der Waals surface area contributed by atoms with E-state index in [0.717, 1.165) is 0 Å². The van der Waals surface area contributed by atoms with Crippen molar-refractivity contribution in [2.45, 2.75) is 24.3 Å². The molecule has 1 fully saturated rings. The van der Waals surface area contributed by atoms with E-state index in [2.05, 4.69) is 25.3 Å². The smallest absolute Gasteiger partial charge is 0.280 e. The normalized spacial score (nSPS) is 32.7. The van der Waals surface area contributed by atoms with E-state index in [0.29, 0.717) is 5.52 Å². The summed E-state index contributed by atoms with van der Waals surface area (Å²) in [6.45, 7) is -0.657. The molecule has 1 unspecified atom stereocenters. The molecule has 0 aromatic carbocycles. The minimum Gasteiger partial charge on any atom is -0.394 e. The third kappa shape index (κ3) is 2.30. The molecular weight excluding hydrogens is 309 g/mol. The molecule has 0 amide bonds. The van der Waals surface area contributed by atoms with Crippen LogP contribution in [0.2, 0.25) is 5.28 Å². The molecule has 11 heteroatoms. The molecule has 0 aliphatic carbocycles. The molecule has 3 rings (SSSR count). The number of fused-ring (bicyclic) bond motifs is 1. The Kier molecular flexibility index (Phi) is 3.42. The molecule has 5 N–H and O–H groups in total. The number of nitrogens with zero attached hydrogens (tertiary/aromatic N) is 3. The summed E-state index contributed by atoms with van der Waals surface area (Å²) in [5.41, 5.74) is 0.554. The first-order valence-corrected chi connectivity index (χ1v) is 6.30. The maximum atomic E-state index is 14.1. The quantitative estimate of drug-likeness (QED) is 0.462. The number of hydrogen-bond donors (Lipinski definition) is 5. The summed E-state index contributed by atoms with van der Waals surface area (Å²) in [5.74, 6) is -3.08. The SMILES string of the molecule is OC[C@H]1OC(Nc2nc(Cl)nc3nc[nH]c23)[C@](O)(F)[C@@H]1O. The first-order valence-electron chi connectivity index (χ1n) is 5.92. The standard InChI is InChI=1S/C10H11ClFN5O4/c11-9-16-6-4(13-2-14-6)7(17-9)15-8-10(12,20)5(19)3(1-18)21-8/h2-3,5,8,18-20H,1H2,(H2,13,14,15,16,17)/t3-,5-,8?,10+/m1/s1. The fraction of sp³-hybridized carbons (Fsp3) is 0.500. The highest BCUT2D eigenvalue weighted by atomic mass is 35.5. The van der Waals surface area contributed by atoms with E-state index in [1.807, 2.05) is 0 Å². The number of anilines is 1. The summed E-state index contributed by atoms with van der Waals surface area (Å²) in [4.78, 5) is 14.3. The van der Waals surface area contributed by atoms with Gasteiger partial charge in [0.25, 0.3) is 5.85 Å². The van der Waals surface area contributed by atoms with Crippen molar-refractivity contribution < 1.29 is 24.4 Å². The number of aliphatic hydroxyl groups excluding tert-OH is 2. The number of nitrogens with one attached hydrogen (secondary N) is 2. The largest absolute Gasteiger partial charge is 0.394 e. The van der Waals surface area contributed by atoms with Gasteiger partial charge in [0, 0.05) is 0 Å². The summed E-state index contributed by atoms with van der Waals surface area (Å²) in [7, 11) is 0. The van der Waals surface area contributed by atoms with Gasteiger partial charge in [-0.1, -0.05) is 0 Å². The Bertz CT molecular complexity index is 668. The lowest BCUT2D eigenvalue weighted by Gasteiger charge is -2.23. The van der Waals surface area contributed by atoms with Crippen LogP contribution >= 0.6 is 11.6 Å². The predicted molar refractivity (Wildman–Crippen MR) is 68.1 cm³/mol. The van der Waals surface area contributed by atoms with Gasteiger partial charge >= 0.3 is 0 Å². The predicted octanol–water partition coefficient (Wildman–Crippen LogP) is -0.846. The van der Waals surface area contributed by atoms with Crippen LogP contribution in [0.25, 0.3) is 11.2 Å². The highest BCUT2D eigenvalue weighted by molar-refractivity contribution is 6.28. The van der Waals surface area contributed by atoms with Crippen LogP contribution in [0.3, 0.4) is 0 Å². The van der Waals surface area contributed by atoms with Crippen molar-refractivity contribution in [3.63, 3.8) is 0 Å². The summed E-state index contributed by atoms with van der Waals surface area (Å²) >= 11 is 5.72. The van der Waals surface area contributed by atoms with E-state index in [1.165, 1.54) is 6.33 Å². The molecule has 1 aliphatic heterocycles. The number of alkyl halides is 1. The number of aromatic nitrogens is 4. The van der Waals surface area contributed by atoms with Gasteiger partial charge in [-0.15, -0.1) is 0 Å². The number of imidazole rings is 1. The zero-order valence-corrected chi connectivity index (χ0v) is 11.1. The average molecular weight is 320 g/mol. The van der Waals surface area contributed by atoms with Crippen LogP contribution in [-0.4, -0.2) is 66.2 Å². The Hall–Kier alpha value is -1.59. The lowest BCUT2D eigenvalue weighted by Crippen LogP contribution is -2.47. The lowest BCUT2D eigenvalue weighted by atomic mass is 10.1. The van der Waals surface area contributed by atoms with E-state index < -0.39 is 30.9 Å². The highest BCUT2D eigenvalue weighted by Gasteiger charge is 2.56. The summed E-state index contributed by atoms with van der Waals surface area (Å²) in [6.07, 6.45) is -3.49. The van der Waals surface area contributed by atoms with Crippen molar-refractivity contribution >= 4 is 28.6 Å². The summed E-state index contributed by atoms with van der Waals surface area (Å²) < 4.78 is 19.2. The molecule has 2 aromatic heterocycles. The third-order valence-electron chi connectivity index (χ3n) is 3.15. The molecule has 0 radical (unpaired) electrons. The first-order chi connectivity index (χ1) is 9.93. The van der Waals surface area contributed by atoms with Gasteiger partial charge < -0.3 is 30.4 Å². The number of hydrogen-bond acceptors (Lipinski definition) is 8. The van der Waals surface area contributed by atoms with Crippen molar-refractivity contribution in [2.75, 3.05) is 11.9 Å². The van der Waals surface area contributed by atoms with Gasteiger partial charge in [0.15, 0.2) is 17.7 Å². The van der Waals surface area contributed by atoms with Gasteiger partial charge in [0.1, 0.15) is 17.7 Å². The van der Waals surface area contributed by atoms with E-state index in [1.54, 1.807) is 0 Å². The molecule has 1 aliphatic rings. The van der Waals surface area contributed by atoms with Crippen molar-refractivity contribution in [3.05, 3.63) is 11.6 Å². The monoisotopic (exact) mass is 319 g/mol. The van der Waals surface area contributed by atoms with Crippen molar-refractivity contribution in [1.29, 1.82) is 0 Å². The Labute approximate surface area is 121 Å². The molecule has 114 valence electrons. The Morgan fingerprint density at radius 1 is 1.52 bits per heavy atom. The zero-order chi connectivity index (χ0) is 15.2. The highest BCUT2D eigenvalue weighted by Crippen LogP contribution is 2.33. The minimum absolute atomic E-state index is 0.0364. The molecule has 2 aromatic rings. The fourth-order valence-electron chi connectivity index (χ4n) is 2.07. The Balaban J connectivity index is 1.93. The number of aliphatic hydroxyl groups is 3. The number of halogens is 2. The van der Waals surface area contributed by atoms with Crippen LogP contribution in [0.4, 0.5) is 10.2 Å². The summed E-state index contributed by atoms with van der Waals surface area (Å²) in [6, 6.07) is 0. The summed E-state index contributed by atoms with van der Waals surface area (Å²) in [5, 5.41) is 30.5. The molecule has 9 nitrogen and oxygen atoms in total. The average Bonchev–Trinajstić information content (AvgIpc) is 2.97. The van der Waals surface area contributed by atoms with E-state index in [4.69, 9.17) is 21.4 Å². The van der Waals surface area contributed by atoms with Gasteiger partial charge in [-0.25, -0.2) is 9.37 Å². The van der Waals surface area contributed by atoms with Crippen LogP contribution in [-0.2, 0) is 4.74 Å². The Morgan fingerprint density at radius 2 is 2.29 bits per heavy atom. The van der Waals surface area contributed by atoms with Crippen molar-refractivity contribution in [2.24, 2.45) is 0 Å². The van der Waals surface area contributed by atoms with Crippen LogP contribution in [0, 0.1) is 0 Å². The van der Waals surface area contributed by atoms with Gasteiger partial charge in [0.05, 0.1) is 12.9 Å². The van der Waals surface area contributed by atoms with Crippen LogP contribution in [0.1, 0.15) is 0 Å². The maximum absolute atomic E-state index is 14.1. The first kappa shape index (κ1) is 14.4. The van der Waals surface area contributed by atoms with Gasteiger partial charge in [-0.3, -0.25) is 0 Å². The molecular formula is C10H11ClFN5O4. The van der Waals surface area contributed by atoms with E-state index in [9.17, 15) is 14.6 Å². The van der Waals surface area contributed by atoms with Gasteiger partial charge in [0.2, 0.25) is 5.28 Å². The van der Waals surface area contributed by atoms with E-state index in [-0.39, 0.29) is 16.7 Å². The van der Waals surface area contributed by atoms with Gasteiger partial charge in [-0.2, -0.15) is 9.97 Å². The zero-order valence-electron chi connectivity index (χ0n) is 10.4. The second-order valence-corrected chi connectivity index (χ2v) is 4.83. The van der Waals surface area contributed by atoms with Crippen LogP contribution < -0.4 is 5.32 Å². The Morgan fingerprint density at radius 3 is 2.95 bits per heavy atom. The van der Waals surface area contributed by atoms with Crippen LogP contribution in [0.15, 0.2) is 6.33 Å². The topological polar surface area (TPSA) is 136 Å². The minimum atomic E-state index is -3.11. The fourth-order valence-corrected chi connectivity index (χ4v) is 2.24. The number of H-pyrrole nitrogens is 1. The molecule has 21 heavy (non-hydrogen) atoms. The molecule has 0 saturated carbocycles. The second-order valence-electron chi connectivity index (χ2n) is 4.50. The molecule has 0 spiro atoms. The molecule has 0 bridgehead atoms. The van der Waals surface area contributed by atoms with Crippen molar-refractivity contribution in [3.8, 4) is 0 Å². The van der Waals surface area contributed by atoms with Crippen LogP contribution in [0.5, 0.6) is 0 Å². The maximum Gasteiger partial charge on any atom is 0.280 e. The van der Waals surface area contributed by atoms with Gasteiger partial charge in [-0.05, 0) is 11.6 Å². The third-order valence-corrected chi connectivity index (χ3v) is 3.32. The molecule has 3 heterocycles. The number of ether oxygens (including phenoxy) is 1. The lowest BCUT2D eigenvalue weighted by molar-refractivity contribution is -0.167. The number of aromatic amines is 1. The van der Waals surface area contributed by atoms with Crippen molar-refractivity contribution in [1.82, 2.24) is 19.9 Å². The molecule has 4 atom stereocenters. The molecule has 1 saturated heterocycles. The van der Waals surface area contributed by atoms with E-state index >= 15 is 0 Å². The second kappa shape index (κ2) is 5.00.